The molecule has 6 nitrogen and oxygen atoms in total. The Balaban J connectivity index is 2.24. The van der Waals surface area contributed by atoms with Crippen molar-refractivity contribution in [3.05, 3.63) is 53.7 Å². The minimum absolute atomic E-state index is 0.347. The molecule has 0 saturated carbocycles. The van der Waals surface area contributed by atoms with E-state index in [1.807, 2.05) is 30.3 Å². The van der Waals surface area contributed by atoms with E-state index in [-0.39, 0.29) is 5.91 Å². The molecule has 2 aromatic rings. The van der Waals surface area contributed by atoms with E-state index in [2.05, 4.69) is 15.3 Å². The highest BCUT2D eigenvalue weighted by molar-refractivity contribution is 6.20. The molecule has 0 aliphatic carbocycles. The van der Waals surface area contributed by atoms with Crippen LogP contribution in [0.15, 0.2) is 47.6 Å². The third-order valence-electron chi connectivity index (χ3n) is 3.20. The van der Waals surface area contributed by atoms with Crippen molar-refractivity contribution < 1.29 is 9.53 Å². The number of nitrogens with two attached hydrogens (primary N) is 1. The molecule has 21 heavy (non-hydrogen) atoms. The number of anilines is 1. The maximum Gasteiger partial charge on any atom is 0.263 e. The standard InChI is InChI=1S/C15H14N4O2/c1-21-15-10(6-4-8-17-15)12-9-5-2-3-7-11(9)18-14(20)13(16)19-12/h2-8,13H,16H2,1H3,(H,18,20). The van der Waals surface area contributed by atoms with Crippen LogP contribution in [0.2, 0.25) is 0 Å². The van der Waals surface area contributed by atoms with Gasteiger partial charge in [0.1, 0.15) is 0 Å². The van der Waals surface area contributed by atoms with Gasteiger partial charge in [-0.25, -0.2) is 4.98 Å². The molecule has 1 aliphatic rings. The van der Waals surface area contributed by atoms with Gasteiger partial charge in [0.05, 0.1) is 24.1 Å². The fourth-order valence-corrected chi connectivity index (χ4v) is 2.22. The number of methoxy groups -OCH3 is 1. The number of hydrogen-bond donors (Lipinski definition) is 2. The highest BCUT2D eigenvalue weighted by atomic mass is 16.5. The number of hydrogen-bond acceptors (Lipinski definition) is 5. The molecular weight excluding hydrogens is 268 g/mol. The SMILES string of the molecule is COc1ncccc1C1=NC(N)C(=O)Nc2ccccc21. The number of fused-ring (bicyclic) bond motifs is 1. The quantitative estimate of drug-likeness (QED) is 0.865. The predicted molar refractivity (Wildman–Crippen MR) is 79.5 cm³/mol. The van der Waals surface area contributed by atoms with Crippen LogP contribution >= 0.6 is 0 Å². The molecule has 0 saturated heterocycles. The van der Waals surface area contributed by atoms with Crippen LogP contribution in [-0.2, 0) is 4.79 Å². The van der Waals surface area contributed by atoms with Gasteiger partial charge < -0.3 is 15.8 Å². The van der Waals surface area contributed by atoms with Crippen LogP contribution < -0.4 is 15.8 Å². The van der Waals surface area contributed by atoms with E-state index in [4.69, 9.17) is 10.5 Å². The lowest BCUT2D eigenvalue weighted by Crippen LogP contribution is -2.33. The number of benzodiazepines with no additional fused rings is 1. The van der Waals surface area contributed by atoms with Crippen LogP contribution in [0.4, 0.5) is 5.69 Å². The molecule has 3 N–H and O–H groups in total. The second-order valence-corrected chi connectivity index (χ2v) is 4.52. The number of rotatable bonds is 2. The average molecular weight is 282 g/mol. The Hall–Kier alpha value is -2.73. The van der Waals surface area contributed by atoms with E-state index in [1.165, 1.54) is 0 Å². The number of nitrogens with zero attached hydrogens (tertiary/aromatic N) is 2. The first-order valence-corrected chi connectivity index (χ1v) is 6.43. The van der Waals surface area contributed by atoms with Crippen molar-refractivity contribution in [1.82, 2.24) is 4.98 Å². The second-order valence-electron chi connectivity index (χ2n) is 4.52. The van der Waals surface area contributed by atoms with Gasteiger partial charge in [-0.05, 0) is 18.2 Å². The Labute approximate surface area is 121 Å². The summed E-state index contributed by atoms with van der Waals surface area (Å²) in [6.45, 7) is 0. The molecule has 0 spiro atoms. The molecule has 106 valence electrons. The number of carbonyl (C=O) groups is 1. The molecule has 0 fully saturated rings. The zero-order valence-electron chi connectivity index (χ0n) is 11.4. The summed E-state index contributed by atoms with van der Waals surface area (Å²) in [5.41, 5.74) is 8.54. The highest BCUT2D eigenvalue weighted by Gasteiger charge is 2.24. The number of pyridine rings is 1. The Morgan fingerprint density at radius 3 is 2.76 bits per heavy atom. The van der Waals surface area contributed by atoms with Gasteiger partial charge in [-0.15, -0.1) is 0 Å². The Morgan fingerprint density at radius 1 is 1.19 bits per heavy atom. The van der Waals surface area contributed by atoms with Crippen LogP contribution in [0.5, 0.6) is 5.88 Å². The predicted octanol–water partition coefficient (Wildman–Crippen LogP) is 1.16. The van der Waals surface area contributed by atoms with Gasteiger partial charge in [-0.1, -0.05) is 18.2 Å². The summed E-state index contributed by atoms with van der Waals surface area (Å²) in [6.07, 6.45) is 0.659. The van der Waals surface area contributed by atoms with Crippen LogP contribution in [0.1, 0.15) is 11.1 Å². The molecule has 1 aromatic carbocycles. The maximum absolute atomic E-state index is 11.9. The third kappa shape index (κ3) is 2.36. The van der Waals surface area contributed by atoms with Crippen molar-refractivity contribution in [1.29, 1.82) is 0 Å². The molecule has 1 aliphatic heterocycles. The molecule has 0 radical (unpaired) electrons. The molecule has 1 unspecified atom stereocenters. The summed E-state index contributed by atoms with van der Waals surface area (Å²) in [6, 6.07) is 11.0. The summed E-state index contributed by atoms with van der Waals surface area (Å²) in [7, 11) is 1.54. The lowest BCUT2D eigenvalue weighted by atomic mass is 10.0. The molecular formula is C15H14N4O2. The first kappa shape index (κ1) is 13.3. The third-order valence-corrected chi connectivity index (χ3v) is 3.20. The van der Waals surface area contributed by atoms with Crippen molar-refractivity contribution in [2.24, 2.45) is 10.7 Å². The lowest BCUT2D eigenvalue weighted by Gasteiger charge is -2.11. The largest absolute Gasteiger partial charge is 0.481 e. The second kappa shape index (κ2) is 5.34. The number of carbonyl (C=O) groups excluding carboxylic acids is 1. The summed E-state index contributed by atoms with van der Waals surface area (Å²) < 4.78 is 5.28. The topological polar surface area (TPSA) is 89.6 Å². The molecule has 6 heteroatoms. The number of aliphatic imine (C=N–C) groups is 1. The zero-order valence-corrected chi connectivity index (χ0v) is 11.4. The number of amides is 1. The average Bonchev–Trinajstić information content (AvgIpc) is 2.64. The fraction of sp³-hybridized carbons (Fsp3) is 0.133. The minimum Gasteiger partial charge on any atom is -0.481 e. The molecule has 2 heterocycles. The molecule has 1 atom stereocenters. The van der Waals surface area contributed by atoms with Gasteiger partial charge in [0.2, 0.25) is 5.88 Å². The van der Waals surface area contributed by atoms with Gasteiger partial charge in [0, 0.05) is 11.8 Å². The van der Waals surface area contributed by atoms with Crippen LogP contribution in [0, 0.1) is 0 Å². The van der Waals surface area contributed by atoms with Crippen molar-refractivity contribution in [3.8, 4) is 5.88 Å². The maximum atomic E-state index is 11.9. The Kier molecular flexibility index (Phi) is 3.37. The minimum atomic E-state index is -0.975. The summed E-state index contributed by atoms with van der Waals surface area (Å²) >= 11 is 0. The molecule has 0 bridgehead atoms. The Morgan fingerprint density at radius 2 is 1.95 bits per heavy atom. The van der Waals surface area contributed by atoms with Gasteiger partial charge in [0.15, 0.2) is 6.17 Å². The smallest absolute Gasteiger partial charge is 0.263 e. The van der Waals surface area contributed by atoms with E-state index in [0.717, 1.165) is 5.56 Å². The van der Waals surface area contributed by atoms with E-state index in [9.17, 15) is 4.79 Å². The lowest BCUT2D eigenvalue weighted by molar-refractivity contribution is -0.117. The van der Waals surface area contributed by atoms with Gasteiger partial charge in [-0.2, -0.15) is 0 Å². The summed E-state index contributed by atoms with van der Waals surface area (Å²) in [5, 5.41) is 2.77. The number of benzene rings is 1. The van der Waals surface area contributed by atoms with Crippen molar-refractivity contribution >= 4 is 17.3 Å². The van der Waals surface area contributed by atoms with E-state index >= 15 is 0 Å². The van der Waals surface area contributed by atoms with E-state index < -0.39 is 6.17 Å². The highest BCUT2D eigenvalue weighted by Crippen LogP contribution is 2.26. The first-order chi connectivity index (χ1) is 10.2. The molecule has 3 rings (SSSR count). The molecule has 1 amide bonds. The molecule has 1 aromatic heterocycles. The van der Waals surface area contributed by atoms with E-state index in [0.29, 0.717) is 22.8 Å². The normalized spacial score (nSPS) is 17.3. The van der Waals surface area contributed by atoms with Crippen LogP contribution in [0.3, 0.4) is 0 Å². The Bertz CT molecular complexity index is 727. The zero-order chi connectivity index (χ0) is 14.8. The van der Waals surface area contributed by atoms with Crippen LogP contribution in [-0.4, -0.2) is 29.9 Å². The van der Waals surface area contributed by atoms with Gasteiger partial charge in [-0.3, -0.25) is 9.79 Å². The number of nitrogens with one attached hydrogen (secondary N) is 1. The fourth-order valence-electron chi connectivity index (χ4n) is 2.22. The number of para-hydroxylation sites is 1. The van der Waals surface area contributed by atoms with Gasteiger partial charge in [0.25, 0.3) is 5.91 Å². The summed E-state index contributed by atoms with van der Waals surface area (Å²) in [5.74, 6) is 0.0907. The number of aromatic nitrogens is 1. The monoisotopic (exact) mass is 282 g/mol. The van der Waals surface area contributed by atoms with E-state index in [1.54, 1.807) is 19.4 Å². The van der Waals surface area contributed by atoms with Crippen molar-refractivity contribution in [2.45, 2.75) is 6.17 Å². The van der Waals surface area contributed by atoms with Crippen LogP contribution in [0.25, 0.3) is 0 Å². The van der Waals surface area contributed by atoms with Gasteiger partial charge >= 0.3 is 0 Å². The van der Waals surface area contributed by atoms with Crippen molar-refractivity contribution in [3.63, 3.8) is 0 Å². The van der Waals surface area contributed by atoms with Crippen molar-refractivity contribution in [2.75, 3.05) is 12.4 Å². The first-order valence-electron chi connectivity index (χ1n) is 6.43. The summed E-state index contributed by atoms with van der Waals surface area (Å²) in [4.78, 5) is 20.4. The number of ether oxygens (including phenoxy) is 1.